The van der Waals surface area contributed by atoms with Gasteiger partial charge in [-0.25, -0.2) is 9.78 Å². The van der Waals surface area contributed by atoms with Crippen LogP contribution < -0.4 is 0 Å². The molecule has 1 atom stereocenters. The molecule has 0 amide bonds. The molecule has 0 radical (unpaired) electrons. The zero-order valence-electron chi connectivity index (χ0n) is 19.8. The maximum absolute atomic E-state index is 11.6. The van der Waals surface area contributed by atoms with E-state index in [1.165, 1.54) is 68.1 Å². The summed E-state index contributed by atoms with van der Waals surface area (Å²) in [5.74, 6) is -0.363. The standard InChI is InChI=1S/C28H41NO2/c1-4-6-7-8-9-10-11-12-13-17-24-21-29-27(28(30)31)20-26(24)25-18-15-14-16-23(25)19-22(3)5-2/h14-16,18,20-22H,4-13,17,19H2,1-3H3,(H,30,31)/t22-/m0/s1. The van der Waals surface area contributed by atoms with E-state index in [4.69, 9.17) is 0 Å². The lowest BCUT2D eigenvalue weighted by molar-refractivity contribution is 0.0690. The summed E-state index contributed by atoms with van der Waals surface area (Å²) >= 11 is 0. The van der Waals surface area contributed by atoms with Crippen LogP contribution in [0.2, 0.25) is 0 Å². The van der Waals surface area contributed by atoms with E-state index in [1.807, 2.05) is 0 Å². The predicted octanol–water partition coefficient (Wildman–Crippen LogP) is 8.11. The average Bonchev–Trinajstić information content (AvgIpc) is 2.78. The van der Waals surface area contributed by atoms with Crippen molar-refractivity contribution in [1.82, 2.24) is 4.98 Å². The lowest BCUT2D eigenvalue weighted by Crippen LogP contribution is -2.05. The van der Waals surface area contributed by atoms with Crippen LogP contribution in [0.15, 0.2) is 36.5 Å². The molecule has 0 aliphatic rings. The van der Waals surface area contributed by atoms with Crippen LogP contribution in [-0.4, -0.2) is 16.1 Å². The van der Waals surface area contributed by atoms with Crippen molar-refractivity contribution in [2.24, 2.45) is 5.92 Å². The molecule has 1 aromatic carbocycles. The highest BCUT2D eigenvalue weighted by molar-refractivity contribution is 5.88. The highest BCUT2D eigenvalue weighted by Crippen LogP contribution is 2.30. The number of rotatable bonds is 15. The average molecular weight is 424 g/mol. The van der Waals surface area contributed by atoms with Gasteiger partial charge in [0.25, 0.3) is 0 Å². The minimum absolute atomic E-state index is 0.129. The molecule has 1 heterocycles. The van der Waals surface area contributed by atoms with Gasteiger partial charge < -0.3 is 5.11 Å². The van der Waals surface area contributed by atoms with Crippen molar-refractivity contribution in [3.63, 3.8) is 0 Å². The first-order chi connectivity index (χ1) is 15.1. The van der Waals surface area contributed by atoms with Crippen LogP contribution in [0.5, 0.6) is 0 Å². The van der Waals surface area contributed by atoms with E-state index < -0.39 is 5.97 Å². The van der Waals surface area contributed by atoms with Gasteiger partial charge in [0.2, 0.25) is 0 Å². The Kier molecular flexibility index (Phi) is 11.3. The van der Waals surface area contributed by atoms with Crippen LogP contribution in [-0.2, 0) is 12.8 Å². The third kappa shape index (κ3) is 8.47. The van der Waals surface area contributed by atoms with E-state index in [-0.39, 0.29) is 5.69 Å². The van der Waals surface area contributed by atoms with Crippen molar-refractivity contribution in [2.45, 2.75) is 97.8 Å². The number of hydrogen-bond donors (Lipinski definition) is 1. The van der Waals surface area contributed by atoms with Crippen LogP contribution in [0, 0.1) is 5.92 Å². The van der Waals surface area contributed by atoms with Crippen LogP contribution in [0.1, 0.15) is 107 Å². The molecule has 2 rings (SSSR count). The van der Waals surface area contributed by atoms with Crippen molar-refractivity contribution in [3.8, 4) is 11.1 Å². The summed E-state index contributed by atoms with van der Waals surface area (Å²) < 4.78 is 0. The van der Waals surface area contributed by atoms with E-state index in [9.17, 15) is 9.90 Å². The number of carboxylic acids is 1. The molecule has 1 aromatic heterocycles. The lowest BCUT2D eigenvalue weighted by atomic mass is 9.89. The molecule has 0 aliphatic carbocycles. The summed E-state index contributed by atoms with van der Waals surface area (Å²) in [5.41, 5.74) is 4.81. The van der Waals surface area contributed by atoms with Gasteiger partial charge in [-0.1, -0.05) is 103 Å². The molecule has 0 fully saturated rings. The normalized spacial score (nSPS) is 12.1. The molecule has 3 heteroatoms. The highest BCUT2D eigenvalue weighted by atomic mass is 16.4. The number of aromatic carboxylic acids is 1. The van der Waals surface area contributed by atoms with Crippen LogP contribution in [0.25, 0.3) is 11.1 Å². The molecule has 0 unspecified atom stereocenters. The smallest absolute Gasteiger partial charge is 0.354 e. The highest BCUT2D eigenvalue weighted by Gasteiger charge is 2.15. The zero-order valence-corrected chi connectivity index (χ0v) is 19.8. The van der Waals surface area contributed by atoms with E-state index in [0.717, 1.165) is 31.2 Å². The number of pyridine rings is 1. The third-order valence-electron chi connectivity index (χ3n) is 6.33. The second-order valence-corrected chi connectivity index (χ2v) is 8.98. The van der Waals surface area contributed by atoms with Crippen molar-refractivity contribution in [1.29, 1.82) is 0 Å². The zero-order chi connectivity index (χ0) is 22.5. The topological polar surface area (TPSA) is 50.2 Å². The molecule has 0 aliphatic heterocycles. The number of benzene rings is 1. The van der Waals surface area contributed by atoms with Gasteiger partial charge in [0, 0.05) is 6.20 Å². The number of carbonyl (C=O) groups is 1. The Hall–Kier alpha value is -2.16. The van der Waals surface area contributed by atoms with E-state index in [2.05, 4.69) is 50.0 Å². The Morgan fingerprint density at radius 1 is 0.903 bits per heavy atom. The molecular weight excluding hydrogens is 382 g/mol. The number of aryl methyl sites for hydroxylation is 1. The first kappa shape index (κ1) is 25.1. The Balaban J connectivity index is 2.08. The fourth-order valence-corrected chi connectivity index (χ4v) is 4.16. The Bertz CT molecular complexity index is 799. The maximum atomic E-state index is 11.6. The minimum Gasteiger partial charge on any atom is -0.477 e. The van der Waals surface area contributed by atoms with Gasteiger partial charge in [-0.15, -0.1) is 0 Å². The summed E-state index contributed by atoms with van der Waals surface area (Å²) in [4.78, 5) is 15.8. The van der Waals surface area contributed by atoms with Gasteiger partial charge >= 0.3 is 5.97 Å². The first-order valence-electron chi connectivity index (χ1n) is 12.4. The predicted molar refractivity (Wildman–Crippen MR) is 131 cm³/mol. The molecule has 0 spiro atoms. The van der Waals surface area contributed by atoms with Gasteiger partial charge in [-0.3, -0.25) is 0 Å². The number of unbranched alkanes of at least 4 members (excludes halogenated alkanes) is 8. The monoisotopic (exact) mass is 423 g/mol. The van der Waals surface area contributed by atoms with Gasteiger partial charge in [0.15, 0.2) is 0 Å². The minimum atomic E-state index is -0.963. The van der Waals surface area contributed by atoms with Crippen LogP contribution >= 0.6 is 0 Å². The number of hydrogen-bond acceptors (Lipinski definition) is 2. The van der Waals surface area contributed by atoms with Crippen molar-refractivity contribution in [2.75, 3.05) is 0 Å². The molecule has 0 saturated carbocycles. The maximum Gasteiger partial charge on any atom is 0.354 e. The van der Waals surface area contributed by atoms with Gasteiger partial charge in [0.05, 0.1) is 0 Å². The quantitative estimate of drug-likeness (QED) is 0.294. The number of aromatic nitrogens is 1. The summed E-state index contributed by atoms with van der Waals surface area (Å²) in [7, 11) is 0. The van der Waals surface area contributed by atoms with Crippen LogP contribution in [0.3, 0.4) is 0 Å². The second kappa shape index (κ2) is 14.0. The molecular formula is C28H41NO2. The SMILES string of the molecule is CCCCCCCCCCCc1cnc(C(=O)O)cc1-c1ccccc1C[C@@H](C)CC. The molecule has 0 bridgehead atoms. The summed E-state index contributed by atoms with van der Waals surface area (Å²) in [6.07, 6.45) is 16.6. The summed E-state index contributed by atoms with van der Waals surface area (Å²) in [6.45, 7) is 6.75. The largest absolute Gasteiger partial charge is 0.477 e. The molecule has 1 N–H and O–H groups in total. The van der Waals surface area contributed by atoms with Crippen molar-refractivity contribution < 1.29 is 9.90 Å². The van der Waals surface area contributed by atoms with E-state index in [1.54, 1.807) is 12.3 Å². The summed E-state index contributed by atoms with van der Waals surface area (Å²) in [6, 6.07) is 10.2. The first-order valence-corrected chi connectivity index (χ1v) is 12.4. The third-order valence-corrected chi connectivity index (χ3v) is 6.33. The Morgan fingerprint density at radius 3 is 2.19 bits per heavy atom. The van der Waals surface area contributed by atoms with E-state index in [0.29, 0.717) is 5.92 Å². The lowest BCUT2D eigenvalue weighted by Gasteiger charge is -2.17. The summed E-state index contributed by atoms with van der Waals surface area (Å²) in [5, 5.41) is 9.49. The Morgan fingerprint density at radius 2 is 1.55 bits per heavy atom. The van der Waals surface area contributed by atoms with Gasteiger partial charge in [-0.05, 0) is 53.5 Å². The fraction of sp³-hybridized carbons (Fsp3) is 0.571. The van der Waals surface area contributed by atoms with Crippen molar-refractivity contribution in [3.05, 3.63) is 53.3 Å². The molecule has 2 aromatic rings. The van der Waals surface area contributed by atoms with Gasteiger partial charge in [0.1, 0.15) is 5.69 Å². The number of nitrogens with zero attached hydrogens (tertiary/aromatic N) is 1. The molecule has 3 nitrogen and oxygen atoms in total. The van der Waals surface area contributed by atoms with E-state index >= 15 is 0 Å². The molecule has 0 saturated heterocycles. The molecule has 170 valence electrons. The fourth-order valence-electron chi connectivity index (χ4n) is 4.16. The Labute approximate surface area is 189 Å². The molecule has 31 heavy (non-hydrogen) atoms. The van der Waals surface area contributed by atoms with Crippen LogP contribution in [0.4, 0.5) is 0 Å². The van der Waals surface area contributed by atoms with Gasteiger partial charge in [-0.2, -0.15) is 0 Å². The number of carboxylic acid groups (broad SMARTS) is 1. The van der Waals surface area contributed by atoms with Crippen molar-refractivity contribution >= 4 is 5.97 Å². The second-order valence-electron chi connectivity index (χ2n) is 8.98.